The van der Waals surface area contributed by atoms with Gasteiger partial charge in [0.25, 0.3) is 0 Å². The van der Waals surface area contributed by atoms with Crippen LogP contribution in [0.5, 0.6) is 0 Å². The van der Waals surface area contributed by atoms with Gasteiger partial charge in [0, 0.05) is 0 Å². The lowest BCUT2D eigenvalue weighted by atomic mass is 10.1. The van der Waals surface area contributed by atoms with Gasteiger partial charge in [-0.1, -0.05) is 19.1 Å². The van der Waals surface area contributed by atoms with Crippen molar-refractivity contribution in [2.45, 2.75) is 18.5 Å². The molecule has 0 amide bonds. The molecule has 2 rings (SSSR count). The van der Waals surface area contributed by atoms with Crippen molar-refractivity contribution in [3.05, 3.63) is 35.4 Å². The smallest absolute Gasteiger partial charge is 0.301 e. The molecule has 0 spiro atoms. The van der Waals surface area contributed by atoms with Crippen molar-refractivity contribution in [2.24, 2.45) is 5.92 Å². The molecule has 0 aromatic heterocycles. The quantitative estimate of drug-likeness (QED) is 0.827. The van der Waals surface area contributed by atoms with Crippen molar-refractivity contribution in [2.75, 3.05) is 12.3 Å². The summed E-state index contributed by atoms with van der Waals surface area (Å²) in [4.78, 5) is 0. The highest BCUT2D eigenvalue weighted by molar-refractivity contribution is 7.99. The van der Waals surface area contributed by atoms with E-state index in [2.05, 4.69) is 12.2 Å². The SMILES string of the molecule is CC1CNC(c2cccc(C(F)(F)F)c2)SC1. The summed E-state index contributed by atoms with van der Waals surface area (Å²) in [5.74, 6) is 1.55. The van der Waals surface area contributed by atoms with E-state index in [1.807, 2.05) is 0 Å². The van der Waals surface area contributed by atoms with Crippen LogP contribution in [-0.4, -0.2) is 12.3 Å². The second kappa shape index (κ2) is 4.90. The van der Waals surface area contributed by atoms with Gasteiger partial charge in [-0.15, -0.1) is 11.8 Å². The number of hydrogen-bond donors (Lipinski definition) is 1. The molecule has 1 aliphatic rings. The Kier molecular flexibility index (Phi) is 3.68. The summed E-state index contributed by atoms with van der Waals surface area (Å²) in [5.41, 5.74) is 0.132. The highest BCUT2D eigenvalue weighted by Crippen LogP contribution is 2.35. The first kappa shape index (κ1) is 12.8. The third-order valence-corrected chi connectivity index (χ3v) is 4.25. The van der Waals surface area contributed by atoms with Crippen molar-refractivity contribution in [3.8, 4) is 0 Å². The van der Waals surface area contributed by atoms with Crippen molar-refractivity contribution in [3.63, 3.8) is 0 Å². The normalized spacial score (nSPS) is 25.9. The fourth-order valence-corrected chi connectivity index (χ4v) is 2.97. The number of alkyl halides is 3. The molecule has 1 saturated heterocycles. The van der Waals surface area contributed by atoms with E-state index in [4.69, 9.17) is 0 Å². The first-order valence-electron chi connectivity index (χ1n) is 5.49. The van der Waals surface area contributed by atoms with Gasteiger partial charge in [0.15, 0.2) is 0 Å². The van der Waals surface area contributed by atoms with Crippen LogP contribution in [-0.2, 0) is 6.18 Å². The van der Waals surface area contributed by atoms with Crippen LogP contribution >= 0.6 is 11.8 Å². The molecule has 1 aromatic carbocycles. The zero-order chi connectivity index (χ0) is 12.5. The molecule has 1 N–H and O–H groups in total. The van der Waals surface area contributed by atoms with Crippen LogP contribution in [0.4, 0.5) is 13.2 Å². The second-order valence-electron chi connectivity index (χ2n) is 4.35. The zero-order valence-corrected chi connectivity index (χ0v) is 10.2. The average molecular weight is 261 g/mol. The van der Waals surface area contributed by atoms with Crippen LogP contribution in [0.2, 0.25) is 0 Å². The molecule has 0 aliphatic carbocycles. The van der Waals surface area contributed by atoms with Gasteiger partial charge < -0.3 is 5.32 Å². The molecule has 1 aromatic rings. The number of nitrogens with one attached hydrogen (secondary N) is 1. The van der Waals surface area contributed by atoms with Crippen molar-refractivity contribution < 1.29 is 13.2 Å². The number of rotatable bonds is 1. The summed E-state index contributed by atoms with van der Waals surface area (Å²) in [6, 6.07) is 5.56. The summed E-state index contributed by atoms with van der Waals surface area (Å²) < 4.78 is 37.7. The fourth-order valence-electron chi connectivity index (χ4n) is 1.78. The van der Waals surface area contributed by atoms with Gasteiger partial charge in [-0.2, -0.15) is 13.2 Å². The molecule has 0 radical (unpaired) electrons. The molecule has 0 bridgehead atoms. The van der Waals surface area contributed by atoms with Gasteiger partial charge >= 0.3 is 6.18 Å². The second-order valence-corrected chi connectivity index (χ2v) is 5.49. The number of halogens is 3. The lowest BCUT2D eigenvalue weighted by molar-refractivity contribution is -0.137. The van der Waals surface area contributed by atoms with Gasteiger partial charge in [-0.05, 0) is 35.9 Å². The summed E-state index contributed by atoms with van der Waals surface area (Å²) >= 11 is 1.67. The highest BCUT2D eigenvalue weighted by Gasteiger charge is 2.31. The molecule has 0 saturated carbocycles. The van der Waals surface area contributed by atoms with Crippen LogP contribution in [0.3, 0.4) is 0 Å². The van der Waals surface area contributed by atoms with Gasteiger partial charge in [0.05, 0.1) is 10.9 Å². The van der Waals surface area contributed by atoms with E-state index >= 15 is 0 Å². The maximum atomic E-state index is 12.6. The predicted octanol–water partition coefficient (Wildman–Crippen LogP) is 3.68. The van der Waals surface area contributed by atoms with E-state index in [0.29, 0.717) is 11.5 Å². The minimum atomic E-state index is -4.26. The molecule has 17 heavy (non-hydrogen) atoms. The Morgan fingerprint density at radius 2 is 2.12 bits per heavy atom. The topological polar surface area (TPSA) is 12.0 Å². The lowest BCUT2D eigenvalue weighted by Crippen LogP contribution is -2.31. The Morgan fingerprint density at radius 1 is 1.35 bits per heavy atom. The minimum absolute atomic E-state index is 0.0199. The van der Waals surface area contributed by atoms with Crippen LogP contribution in [0.25, 0.3) is 0 Å². The zero-order valence-electron chi connectivity index (χ0n) is 9.42. The Labute approximate surface area is 103 Å². The van der Waals surface area contributed by atoms with E-state index in [0.717, 1.165) is 18.4 Å². The standard InChI is InChI=1S/C12H14F3NS/c1-8-6-16-11(17-7-8)9-3-2-4-10(5-9)12(13,14)15/h2-5,8,11,16H,6-7H2,1H3. The van der Waals surface area contributed by atoms with Crippen molar-refractivity contribution in [1.29, 1.82) is 0 Å². The largest absolute Gasteiger partial charge is 0.416 e. The van der Waals surface area contributed by atoms with Gasteiger partial charge in [0.1, 0.15) is 0 Å². The third kappa shape index (κ3) is 3.16. The van der Waals surface area contributed by atoms with E-state index in [9.17, 15) is 13.2 Å². The number of thioether (sulfide) groups is 1. The summed E-state index contributed by atoms with van der Waals surface area (Å²) in [5, 5.41) is 3.24. The summed E-state index contributed by atoms with van der Waals surface area (Å²) in [7, 11) is 0. The third-order valence-electron chi connectivity index (χ3n) is 2.72. The molecule has 2 unspecified atom stereocenters. The van der Waals surface area contributed by atoms with Crippen LogP contribution in [0, 0.1) is 5.92 Å². The number of hydrogen-bond acceptors (Lipinski definition) is 2. The maximum absolute atomic E-state index is 12.6. The molecule has 2 atom stereocenters. The molecule has 1 aliphatic heterocycles. The van der Waals surface area contributed by atoms with Crippen LogP contribution in [0.1, 0.15) is 23.4 Å². The molecular weight excluding hydrogens is 247 g/mol. The Bertz CT molecular complexity index is 384. The van der Waals surface area contributed by atoms with E-state index in [1.165, 1.54) is 12.1 Å². The monoisotopic (exact) mass is 261 g/mol. The van der Waals surface area contributed by atoms with Crippen molar-refractivity contribution in [1.82, 2.24) is 5.32 Å². The van der Waals surface area contributed by atoms with E-state index < -0.39 is 11.7 Å². The molecule has 1 fully saturated rings. The minimum Gasteiger partial charge on any atom is -0.301 e. The van der Waals surface area contributed by atoms with Crippen LogP contribution in [0.15, 0.2) is 24.3 Å². The van der Waals surface area contributed by atoms with Gasteiger partial charge in [-0.25, -0.2) is 0 Å². The molecule has 94 valence electrons. The fraction of sp³-hybridized carbons (Fsp3) is 0.500. The Balaban J connectivity index is 2.16. The van der Waals surface area contributed by atoms with Crippen LogP contribution < -0.4 is 5.32 Å². The Morgan fingerprint density at radius 3 is 2.71 bits per heavy atom. The first-order valence-corrected chi connectivity index (χ1v) is 6.54. The maximum Gasteiger partial charge on any atom is 0.416 e. The first-order chi connectivity index (χ1) is 7.97. The van der Waals surface area contributed by atoms with Crippen molar-refractivity contribution >= 4 is 11.8 Å². The number of benzene rings is 1. The highest BCUT2D eigenvalue weighted by atomic mass is 32.2. The molecule has 5 heteroatoms. The van der Waals surface area contributed by atoms with Gasteiger partial charge in [0.2, 0.25) is 0 Å². The average Bonchev–Trinajstić information content (AvgIpc) is 2.29. The molecule has 1 nitrogen and oxygen atoms in total. The van der Waals surface area contributed by atoms with E-state index in [-0.39, 0.29) is 5.37 Å². The van der Waals surface area contributed by atoms with E-state index in [1.54, 1.807) is 17.8 Å². The lowest BCUT2D eigenvalue weighted by Gasteiger charge is -2.28. The summed E-state index contributed by atoms with van der Waals surface area (Å²) in [6.07, 6.45) is -4.26. The predicted molar refractivity (Wildman–Crippen MR) is 63.8 cm³/mol. The summed E-state index contributed by atoms with van der Waals surface area (Å²) in [6.45, 7) is 2.98. The molecular formula is C12H14F3NS. The Hall–Kier alpha value is -0.680. The van der Waals surface area contributed by atoms with Gasteiger partial charge in [-0.3, -0.25) is 0 Å². The molecule has 1 heterocycles.